The second kappa shape index (κ2) is 11.9. The zero-order valence-electron chi connectivity index (χ0n) is 23.4. The summed E-state index contributed by atoms with van der Waals surface area (Å²) in [5, 5.41) is 11.7. The average Bonchev–Trinajstić information content (AvgIpc) is 3.33. The van der Waals surface area contributed by atoms with Crippen molar-refractivity contribution in [2.75, 3.05) is 19.7 Å². The average molecular weight is 565 g/mol. The largest absolute Gasteiger partial charge is 0.490 e. The van der Waals surface area contributed by atoms with E-state index in [1.165, 1.54) is 22.3 Å². The van der Waals surface area contributed by atoms with Crippen LogP contribution < -0.4 is 9.47 Å². The first-order chi connectivity index (χ1) is 20.5. The Hall–Kier alpha value is -4.85. The van der Waals surface area contributed by atoms with E-state index in [4.69, 9.17) is 14.2 Å². The lowest BCUT2D eigenvalue weighted by atomic mass is 9.98. The minimum absolute atomic E-state index is 0.0194. The summed E-state index contributed by atoms with van der Waals surface area (Å²) in [4.78, 5) is 26.1. The maximum Gasteiger partial charge on any atom is 0.409 e. The van der Waals surface area contributed by atoms with Gasteiger partial charge >= 0.3 is 11.8 Å². The van der Waals surface area contributed by atoms with E-state index in [2.05, 4.69) is 24.3 Å². The highest BCUT2D eigenvalue weighted by molar-refractivity contribution is 5.79. The molecule has 0 saturated carbocycles. The number of aryl methyl sites for hydroxylation is 1. The molecule has 4 aromatic rings. The molecule has 42 heavy (non-hydrogen) atoms. The van der Waals surface area contributed by atoms with Crippen LogP contribution in [-0.2, 0) is 11.3 Å². The fraction of sp³-hybridized carbons (Fsp3) is 0.265. The number of benzene rings is 4. The van der Waals surface area contributed by atoms with Crippen LogP contribution >= 0.6 is 0 Å². The van der Waals surface area contributed by atoms with Gasteiger partial charge in [0.05, 0.1) is 4.92 Å². The maximum absolute atomic E-state index is 13.0. The Labute approximate surface area is 244 Å². The third kappa shape index (κ3) is 5.65. The number of hydrogen-bond acceptors (Lipinski definition) is 6. The topological polar surface area (TPSA) is 91.1 Å². The first-order valence-electron chi connectivity index (χ1n) is 14.2. The third-order valence-electron chi connectivity index (χ3n) is 8.00. The molecule has 0 unspecified atom stereocenters. The molecule has 214 valence electrons. The first-order valence-corrected chi connectivity index (χ1v) is 14.2. The van der Waals surface area contributed by atoms with E-state index >= 15 is 0 Å². The molecule has 0 bridgehead atoms. The lowest BCUT2D eigenvalue weighted by molar-refractivity contribution is -0.386. The number of carbonyl (C=O) groups is 1. The van der Waals surface area contributed by atoms with Crippen LogP contribution in [0.2, 0.25) is 0 Å². The number of nitrogens with zero attached hydrogens (tertiary/aromatic N) is 2. The molecule has 1 aliphatic heterocycles. The molecule has 1 fully saturated rings. The zero-order valence-corrected chi connectivity index (χ0v) is 23.4. The minimum atomic E-state index is -0.424. The summed E-state index contributed by atoms with van der Waals surface area (Å²) >= 11 is 0. The van der Waals surface area contributed by atoms with Gasteiger partial charge in [-0.1, -0.05) is 78.9 Å². The lowest BCUT2D eigenvalue weighted by Gasteiger charge is -2.32. The van der Waals surface area contributed by atoms with Crippen molar-refractivity contribution in [3.8, 4) is 22.6 Å². The molecule has 0 aromatic heterocycles. The SMILES string of the molecule is Cc1cc(OC2CCN(C(=O)OCC3c4ccccc4-c4ccccc43)CC2)cc(OCc2ccccc2)c1[N+](=O)[O-]. The van der Waals surface area contributed by atoms with Crippen molar-refractivity contribution in [3.63, 3.8) is 0 Å². The van der Waals surface area contributed by atoms with Crippen molar-refractivity contribution in [2.45, 2.75) is 38.4 Å². The Morgan fingerprint density at radius 1 is 0.905 bits per heavy atom. The van der Waals surface area contributed by atoms with E-state index in [9.17, 15) is 14.9 Å². The predicted molar refractivity (Wildman–Crippen MR) is 159 cm³/mol. The molecular weight excluding hydrogens is 532 g/mol. The van der Waals surface area contributed by atoms with Crippen molar-refractivity contribution in [3.05, 3.63) is 123 Å². The number of nitro benzene ring substituents is 1. The van der Waals surface area contributed by atoms with Gasteiger partial charge in [0.15, 0.2) is 0 Å². The van der Waals surface area contributed by atoms with E-state index in [0.29, 0.717) is 37.2 Å². The van der Waals surface area contributed by atoms with Crippen LogP contribution in [0.15, 0.2) is 91.0 Å². The number of hydrogen-bond donors (Lipinski definition) is 0. The quantitative estimate of drug-likeness (QED) is 0.165. The van der Waals surface area contributed by atoms with Crippen molar-refractivity contribution in [1.29, 1.82) is 0 Å². The number of amides is 1. The van der Waals surface area contributed by atoms with Gasteiger partial charge in [-0.2, -0.15) is 0 Å². The number of ether oxygens (including phenoxy) is 3. The van der Waals surface area contributed by atoms with Gasteiger partial charge in [-0.15, -0.1) is 0 Å². The molecule has 0 atom stereocenters. The number of likely N-dealkylation sites (tertiary alicyclic amines) is 1. The Morgan fingerprint density at radius 3 is 2.17 bits per heavy atom. The molecular formula is C34H32N2O6. The summed E-state index contributed by atoms with van der Waals surface area (Å²) in [6.45, 7) is 3.19. The van der Waals surface area contributed by atoms with Crippen molar-refractivity contribution in [1.82, 2.24) is 4.90 Å². The monoisotopic (exact) mass is 564 g/mol. The summed E-state index contributed by atoms with van der Waals surface area (Å²) in [5.74, 6) is 0.710. The van der Waals surface area contributed by atoms with Gasteiger partial charge in [-0.3, -0.25) is 10.1 Å². The van der Waals surface area contributed by atoms with Crippen LogP contribution in [0.5, 0.6) is 11.5 Å². The molecule has 6 rings (SSSR count). The number of fused-ring (bicyclic) bond motifs is 3. The fourth-order valence-corrected chi connectivity index (χ4v) is 5.90. The maximum atomic E-state index is 13.0. The van der Waals surface area contributed by atoms with E-state index in [1.807, 2.05) is 54.6 Å². The summed E-state index contributed by atoms with van der Waals surface area (Å²) in [6, 6.07) is 29.3. The molecule has 4 aromatic carbocycles. The van der Waals surface area contributed by atoms with Gasteiger partial charge < -0.3 is 19.1 Å². The Kier molecular flexibility index (Phi) is 7.77. The molecule has 2 aliphatic rings. The van der Waals surface area contributed by atoms with Gasteiger partial charge in [0.2, 0.25) is 5.75 Å². The highest BCUT2D eigenvalue weighted by Gasteiger charge is 2.31. The van der Waals surface area contributed by atoms with Gasteiger partial charge in [0.1, 0.15) is 25.1 Å². The van der Waals surface area contributed by atoms with Crippen LogP contribution in [0.4, 0.5) is 10.5 Å². The van der Waals surface area contributed by atoms with Crippen LogP contribution in [0, 0.1) is 17.0 Å². The Morgan fingerprint density at radius 2 is 1.52 bits per heavy atom. The predicted octanol–water partition coefficient (Wildman–Crippen LogP) is 7.27. The molecule has 1 amide bonds. The van der Waals surface area contributed by atoms with Gasteiger partial charge in [0.25, 0.3) is 0 Å². The van der Waals surface area contributed by atoms with E-state index in [0.717, 1.165) is 5.56 Å². The molecule has 1 heterocycles. The van der Waals surface area contributed by atoms with Crippen molar-refractivity contribution >= 4 is 11.8 Å². The number of rotatable bonds is 8. The molecule has 0 N–H and O–H groups in total. The van der Waals surface area contributed by atoms with E-state index in [-0.39, 0.29) is 42.8 Å². The summed E-state index contributed by atoms with van der Waals surface area (Å²) in [6.07, 6.45) is 0.796. The standard InChI is InChI=1S/C34H32N2O6/c1-23-19-26(20-32(33(23)36(38)39)40-21-24-9-3-2-4-10-24)42-25-15-17-35(18-16-25)34(37)41-22-31-29-13-7-5-11-27(29)28-12-6-8-14-30(28)31/h2-14,19-20,25,31H,15-18,21-22H2,1H3. The fourth-order valence-electron chi connectivity index (χ4n) is 5.90. The molecule has 8 nitrogen and oxygen atoms in total. The summed E-state index contributed by atoms with van der Waals surface area (Å²) in [7, 11) is 0. The highest BCUT2D eigenvalue weighted by atomic mass is 16.6. The second-order valence-electron chi connectivity index (χ2n) is 10.7. The highest BCUT2D eigenvalue weighted by Crippen LogP contribution is 2.44. The second-order valence-corrected chi connectivity index (χ2v) is 10.7. The van der Waals surface area contributed by atoms with Crippen molar-refractivity contribution < 1.29 is 23.9 Å². The summed E-state index contributed by atoms with van der Waals surface area (Å²) < 4.78 is 17.9. The van der Waals surface area contributed by atoms with E-state index < -0.39 is 4.92 Å². The first kappa shape index (κ1) is 27.3. The minimum Gasteiger partial charge on any atom is -0.490 e. The number of nitro groups is 1. The van der Waals surface area contributed by atoms with Crippen LogP contribution in [0.1, 0.15) is 41.0 Å². The van der Waals surface area contributed by atoms with Gasteiger partial charge in [-0.05, 0) is 40.8 Å². The Bertz CT molecular complexity index is 1550. The molecule has 1 saturated heterocycles. The lowest BCUT2D eigenvalue weighted by Crippen LogP contribution is -2.42. The van der Waals surface area contributed by atoms with Crippen LogP contribution in [0.25, 0.3) is 11.1 Å². The zero-order chi connectivity index (χ0) is 29.1. The molecule has 0 spiro atoms. The number of piperidine rings is 1. The third-order valence-corrected chi connectivity index (χ3v) is 8.00. The normalized spacial score (nSPS) is 14.6. The van der Waals surface area contributed by atoms with Crippen molar-refractivity contribution in [2.24, 2.45) is 0 Å². The van der Waals surface area contributed by atoms with Gasteiger partial charge in [0, 0.05) is 43.5 Å². The van der Waals surface area contributed by atoms with E-state index in [1.54, 1.807) is 24.0 Å². The summed E-state index contributed by atoms with van der Waals surface area (Å²) in [5.41, 5.74) is 6.08. The molecule has 0 radical (unpaired) electrons. The van der Waals surface area contributed by atoms with Gasteiger partial charge in [-0.25, -0.2) is 4.79 Å². The smallest absolute Gasteiger partial charge is 0.409 e. The number of carbonyl (C=O) groups excluding carboxylic acids is 1. The van der Waals surface area contributed by atoms with Crippen LogP contribution in [-0.4, -0.2) is 41.7 Å². The molecule has 8 heteroatoms. The molecule has 1 aliphatic carbocycles. The Balaban J connectivity index is 1.05. The van der Waals surface area contributed by atoms with Crippen LogP contribution in [0.3, 0.4) is 0 Å².